The molecule has 0 saturated carbocycles. The molecule has 0 aromatic rings. The molecule has 7 heteroatoms. The van der Waals surface area contributed by atoms with Crippen molar-refractivity contribution in [3.8, 4) is 0 Å². The lowest BCUT2D eigenvalue weighted by Crippen LogP contribution is -2.07. The number of rotatable bonds is 16. The summed E-state index contributed by atoms with van der Waals surface area (Å²) in [5, 5.41) is 30.0. The molecule has 0 unspecified atom stereocenters. The standard InChI is InChI=1S/C18H36O2.Al.BH3O3.3H/c1-2-3-4-5-6-7-8-9-10-11-12-13-14-15-16-17-18(19)20;;2-1(3)4;;;/h2-17H2,1H3,(H,19,20);;2-4H;;;. The van der Waals surface area contributed by atoms with Gasteiger partial charge in [-0.25, -0.2) is 0 Å². The molecular weight excluding hydrogens is 334 g/mol. The molecule has 0 bridgehead atoms. The molecule has 0 aliphatic carbocycles. The van der Waals surface area contributed by atoms with Crippen LogP contribution in [0, 0.1) is 0 Å². The number of unbranched alkanes of at least 4 members (excludes halogenated alkanes) is 14. The number of carboxylic acids is 1. The average Bonchev–Trinajstić information content (AvgIpc) is 2.50. The topological polar surface area (TPSA) is 98.0 Å². The van der Waals surface area contributed by atoms with Crippen LogP contribution in [0.1, 0.15) is 110 Å². The van der Waals surface area contributed by atoms with E-state index in [1.54, 1.807) is 0 Å². The summed E-state index contributed by atoms with van der Waals surface area (Å²) in [5.74, 6) is -0.653. The Morgan fingerprint density at radius 3 is 1.12 bits per heavy atom. The van der Waals surface area contributed by atoms with Crippen LogP contribution < -0.4 is 0 Å². The molecule has 0 radical (unpaired) electrons. The van der Waals surface area contributed by atoms with Gasteiger partial charge >= 0.3 is 13.3 Å². The summed E-state index contributed by atoms with van der Waals surface area (Å²) in [7, 11) is -2.17. The van der Waals surface area contributed by atoms with Gasteiger partial charge in [-0.15, -0.1) is 0 Å². The maximum Gasteiger partial charge on any atom is 0.631 e. The average molecular weight is 376 g/mol. The molecular formula is C18H42AlBO5. The van der Waals surface area contributed by atoms with Gasteiger partial charge in [0.1, 0.15) is 0 Å². The van der Waals surface area contributed by atoms with Gasteiger partial charge in [-0.1, -0.05) is 96.8 Å². The molecule has 0 amide bonds. The van der Waals surface area contributed by atoms with Crippen LogP contribution in [0.3, 0.4) is 0 Å². The Morgan fingerprint density at radius 2 is 0.880 bits per heavy atom. The fourth-order valence-electron chi connectivity index (χ4n) is 2.65. The number of carboxylic acid groups (broad SMARTS) is 1. The Balaban J connectivity index is -0.000000867. The van der Waals surface area contributed by atoms with Crippen LogP contribution in [0.5, 0.6) is 0 Å². The van der Waals surface area contributed by atoms with Gasteiger partial charge in [0.05, 0.1) is 0 Å². The largest absolute Gasteiger partial charge is 0.631 e. The van der Waals surface area contributed by atoms with E-state index in [1.165, 1.54) is 83.5 Å². The van der Waals surface area contributed by atoms with Crippen LogP contribution in [-0.2, 0) is 4.79 Å². The quantitative estimate of drug-likeness (QED) is 0.245. The lowest BCUT2D eigenvalue weighted by atomic mass is 10.0. The summed E-state index contributed by atoms with van der Waals surface area (Å²) in [6.45, 7) is 2.27. The molecule has 0 aliphatic rings. The normalized spacial score (nSPS) is 9.76. The number of hydrogen-bond acceptors (Lipinski definition) is 4. The van der Waals surface area contributed by atoms with Crippen LogP contribution in [0.25, 0.3) is 0 Å². The second-order valence-corrected chi connectivity index (χ2v) is 6.44. The Bertz CT molecular complexity index is 253. The Kier molecular flexibility index (Phi) is 31.1. The van der Waals surface area contributed by atoms with Crippen molar-refractivity contribution in [1.82, 2.24) is 0 Å². The fourth-order valence-corrected chi connectivity index (χ4v) is 2.65. The molecule has 25 heavy (non-hydrogen) atoms. The van der Waals surface area contributed by atoms with Crippen LogP contribution in [0.2, 0.25) is 0 Å². The Morgan fingerprint density at radius 1 is 0.640 bits per heavy atom. The highest BCUT2D eigenvalue weighted by molar-refractivity contribution is 6.30. The molecule has 5 nitrogen and oxygen atoms in total. The van der Waals surface area contributed by atoms with E-state index in [0.29, 0.717) is 6.42 Å². The second-order valence-electron chi connectivity index (χ2n) is 6.44. The first-order chi connectivity index (χ1) is 11.5. The number of carbonyl (C=O) groups is 1. The van der Waals surface area contributed by atoms with Gasteiger partial charge in [-0.3, -0.25) is 4.79 Å². The molecule has 0 fully saturated rings. The molecule has 0 aromatic carbocycles. The maximum absolute atomic E-state index is 10.3. The Labute approximate surface area is 165 Å². The third kappa shape index (κ3) is 40.2. The number of hydrogen-bond donors (Lipinski definition) is 4. The van der Waals surface area contributed by atoms with Crippen molar-refractivity contribution < 1.29 is 25.0 Å². The molecule has 4 N–H and O–H groups in total. The van der Waals surface area contributed by atoms with Crippen LogP contribution in [0.15, 0.2) is 0 Å². The van der Waals surface area contributed by atoms with Crippen molar-refractivity contribution in [3.63, 3.8) is 0 Å². The molecule has 150 valence electrons. The van der Waals surface area contributed by atoms with Crippen molar-refractivity contribution in [2.45, 2.75) is 110 Å². The number of aliphatic carboxylic acids is 1. The Hall–Kier alpha value is -0.0526. The summed E-state index contributed by atoms with van der Waals surface area (Å²) in [5.41, 5.74) is 0. The van der Waals surface area contributed by atoms with E-state index in [4.69, 9.17) is 20.2 Å². The molecule has 0 spiro atoms. The molecule has 0 saturated heterocycles. The van der Waals surface area contributed by atoms with Gasteiger partial charge < -0.3 is 20.2 Å². The van der Waals surface area contributed by atoms with Crippen LogP contribution in [0.4, 0.5) is 0 Å². The minimum Gasteiger partial charge on any atom is -0.481 e. The monoisotopic (exact) mass is 376 g/mol. The zero-order valence-corrected chi connectivity index (χ0v) is 15.6. The van der Waals surface area contributed by atoms with E-state index in [9.17, 15) is 4.79 Å². The molecule has 0 heterocycles. The molecule has 0 rings (SSSR count). The van der Waals surface area contributed by atoms with E-state index >= 15 is 0 Å². The van der Waals surface area contributed by atoms with Crippen molar-refractivity contribution in [1.29, 1.82) is 0 Å². The fraction of sp³-hybridized carbons (Fsp3) is 0.944. The van der Waals surface area contributed by atoms with Crippen molar-refractivity contribution in [2.75, 3.05) is 0 Å². The first-order valence-electron chi connectivity index (χ1n) is 9.76. The summed E-state index contributed by atoms with van der Waals surface area (Å²) >= 11 is 0. The predicted octanol–water partition coefficient (Wildman–Crippen LogP) is 3.10. The van der Waals surface area contributed by atoms with E-state index in [2.05, 4.69) is 6.92 Å². The summed E-state index contributed by atoms with van der Waals surface area (Å²) in [6.07, 6.45) is 20.2. The van der Waals surface area contributed by atoms with Gasteiger partial charge in [0, 0.05) is 6.42 Å². The van der Waals surface area contributed by atoms with Gasteiger partial charge in [0.2, 0.25) is 0 Å². The highest BCUT2D eigenvalue weighted by atomic mass is 27.0. The molecule has 0 aliphatic heterocycles. The molecule has 0 atom stereocenters. The zero-order chi connectivity index (χ0) is 18.5. The first-order valence-corrected chi connectivity index (χ1v) is 9.76. The van der Waals surface area contributed by atoms with Crippen LogP contribution >= 0.6 is 0 Å². The lowest BCUT2D eigenvalue weighted by molar-refractivity contribution is -0.137. The van der Waals surface area contributed by atoms with Gasteiger partial charge in [-0.2, -0.15) is 0 Å². The van der Waals surface area contributed by atoms with Gasteiger partial charge in [-0.05, 0) is 6.42 Å². The van der Waals surface area contributed by atoms with Gasteiger partial charge in [0.25, 0.3) is 0 Å². The van der Waals surface area contributed by atoms with Crippen molar-refractivity contribution in [2.24, 2.45) is 0 Å². The lowest BCUT2D eigenvalue weighted by Gasteiger charge is -2.03. The molecule has 0 aromatic heterocycles. The van der Waals surface area contributed by atoms with E-state index < -0.39 is 13.3 Å². The highest BCUT2D eigenvalue weighted by Gasteiger charge is 1.97. The van der Waals surface area contributed by atoms with E-state index in [-0.39, 0.29) is 17.4 Å². The van der Waals surface area contributed by atoms with Crippen molar-refractivity contribution >= 4 is 30.7 Å². The first kappa shape index (κ1) is 29.7. The smallest absolute Gasteiger partial charge is 0.481 e. The zero-order valence-electron chi connectivity index (χ0n) is 15.6. The minimum atomic E-state index is -2.17. The van der Waals surface area contributed by atoms with Crippen LogP contribution in [-0.4, -0.2) is 50.8 Å². The summed E-state index contributed by atoms with van der Waals surface area (Å²) in [4.78, 5) is 10.3. The van der Waals surface area contributed by atoms with Gasteiger partial charge in [0.15, 0.2) is 17.4 Å². The van der Waals surface area contributed by atoms with Crippen molar-refractivity contribution in [3.05, 3.63) is 0 Å². The summed E-state index contributed by atoms with van der Waals surface area (Å²) < 4.78 is 0. The minimum absolute atomic E-state index is 0. The predicted molar refractivity (Wildman–Crippen MR) is 110 cm³/mol. The van der Waals surface area contributed by atoms with E-state index in [0.717, 1.165) is 12.8 Å². The maximum atomic E-state index is 10.3. The van der Waals surface area contributed by atoms with E-state index in [1.807, 2.05) is 0 Å². The summed E-state index contributed by atoms with van der Waals surface area (Å²) in [6, 6.07) is 0. The third-order valence-corrected chi connectivity index (χ3v) is 3.99. The second kappa shape index (κ2) is 26.2. The SMILES string of the molecule is CCCCCCCCCCCCCCCCCC(=O)O.OB(O)O.[AlH3]. The third-order valence-electron chi connectivity index (χ3n) is 3.99. The highest BCUT2D eigenvalue weighted by Crippen LogP contribution is 2.13.